The number of imidazole rings is 2. The van der Waals surface area contributed by atoms with Crippen molar-refractivity contribution >= 4 is 17.1 Å². The quantitative estimate of drug-likeness (QED) is 0.290. The molecule has 0 spiro atoms. The van der Waals surface area contributed by atoms with Crippen molar-refractivity contribution in [2.45, 2.75) is 6.42 Å². The molecule has 9 heteroatoms. The van der Waals surface area contributed by atoms with Crippen molar-refractivity contribution in [3.63, 3.8) is 0 Å². The fraction of sp³-hybridized carbons (Fsp3) is 0.0333. The van der Waals surface area contributed by atoms with Gasteiger partial charge in [-0.05, 0) is 60.7 Å². The van der Waals surface area contributed by atoms with Crippen LogP contribution in [0.1, 0.15) is 16.1 Å². The Labute approximate surface area is 221 Å². The van der Waals surface area contributed by atoms with Crippen LogP contribution in [0.2, 0.25) is 0 Å². The van der Waals surface area contributed by atoms with Gasteiger partial charge in [0.2, 0.25) is 0 Å². The van der Waals surface area contributed by atoms with Crippen LogP contribution in [0.5, 0.6) is 0 Å². The predicted molar refractivity (Wildman–Crippen MR) is 145 cm³/mol. The molecule has 0 saturated carbocycles. The number of rotatable bonds is 6. The van der Waals surface area contributed by atoms with Crippen LogP contribution < -0.4 is 0 Å². The first-order valence-corrected chi connectivity index (χ1v) is 12.3. The Balaban J connectivity index is 1.24. The second-order valence-corrected chi connectivity index (χ2v) is 9.15. The maximum absolute atomic E-state index is 13.6. The van der Waals surface area contributed by atoms with E-state index in [2.05, 4.69) is 15.2 Å². The van der Waals surface area contributed by atoms with E-state index in [0.717, 1.165) is 28.2 Å². The zero-order valence-electron chi connectivity index (χ0n) is 20.5. The fourth-order valence-electron chi connectivity index (χ4n) is 4.74. The number of aromatic amines is 1. The minimum atomic E-state index is -0.308. The lowest BCUT2D eigenvalue weighted by Gasteiger charge is -2.05. The first kappa shape index (κ1) is 22.7. The van der Waals surface area contributed by atoms with Gasteiger partial charge in [-0.15, -0.1) is 0 Å². The SMILES string of the molecule is O=C(Cc1cn2nc(-c3c(-c4ccc(F)cc4)nc4ccccn34)ccc2n1)c1cccc(-c2ccn[nH]2)c1. The van der Waals surface area contributed by atoms with E-state index in [1.807, 2.05) is 65.2 Å². The van der Waals surface area contributed by atoms with Crippen LogP contribution in [0, 0.1) is 5.82 Å². The Morgan fingerprint density at radius 1 is 0.872 bits per heavy atom. The maximum atomic E-state index is 13.6. The zero-order valence-corrected chi connectivity index (χ0v) is 20.5. The van der Waals surface area contributed by atoms with Gasteiger partial charge in [0, 0.05) is 29.1 Å². The zero-order chi connectivity index (χ0) is 26.3. The van der Waals surface area contributed by atoms with Gasteiger partial charge in [-0.2, -0.15) is 10.2 Å². The number of nitrogens with one attached hydrogen (secondary N) is 1. The van der Waals surface area contributed by atoms with E-state index in [0.29, 0.717) is 28.3 Å². The molecular formula is C30H20FN7O. The number of carbonyl (C=O) groups is 1. The molecule has 0 amide bonds. The number of hydrogen-bond donors (Lipinski definition) is 1. The largest absolute Gasteiger partial charge is 0.298 e. The van der Waals surface area contributed by atoms with E-state index in [9.17, 15) is 9.18 Å². The second kappa shape index (κ2) is 9.14. The smallest absolute Gasteiger partial charge is 0.168 e. The van der Waals surface area contributed by atoms with Gasteiger partial charge in [-0.1, -0.05) is 24.3 Å². The Kier molecular flexibility index (Phi) is 5.33. The van der Waals surface area contributed by atoms with Crippen molar-refractivity contribution in [1.29, 1.82) is 0 Å². The third-order valence-corrected chi connectivity index (χ3v) is 6.60. The summed E-state index contributed by atoms with van der Waals surface area (Å²) in [5.41, 5.74) is 7.27. The highest BCUT2D eigenvalue weighted by Crippen LogP contribution is 2.32. The second-order valence-electron chi connectivity index (χ2n) is 9.15. The van der Waals surface area contributed by atoms with Gasteiger partial charge in [0.25, 0.3) is 0 Å². The number of halogens is 1. The summed E-state index contributed by atoms with van der Waals surface area (Å²) in [5.74, 6) is -0.350. The molecule has 5 aromatic heterocycles. The van der Waals surface area contributed by atoms with Crippen LogP contribution in [0.15, 0.2) is 104 Å². The monoisotopic (exact) mass is 513 g/mol. The Morgan fingerprint density at radius 3 is 2.62 bits per heavy atom. The van der Waals surface area contributed by atoms with Gasteiger partial charge < -0.3 is 0 Å². The molecule has 1 N–H and O–H groups in total. The molecular weight excluding hydrogens is 493 g/mol. The molecule has 0 radical (unpaired) electrons. The predicted octanol–water partition coefficient (Wildman–Crippen LogP) is 5.67. The normalized spacial score (nSPS) is 11.4. The van der Waals surface area contributed by atoms with Crippen molar-refractivity contribution in [2.75, 3.05) is 0 Å². The number of carbonyl (C=O) groups excluding carboxylic acids is 1. The van der Waals surface area contributed by atoms with E-state index < -0.39 is 0 Å². The molecule has 5 heterocycles. The Bertz CT molecular complexity index is 1970. The molecule has 7 aromatic rings. The van der Waals surface area contributed by atoms with Crippen LogP contribution in [0.25, 0.3) is 45.2 Å². The summed E-state index contributed by atoms with van der Waals surface area (Å²) in [6.45, 7) is 0. The number of hydrogen-bond acceptors (Lipinski definition) is 5. The third-order valence-electron chi connectivity index (χ3n) is 6.60. The Hall–Kier alpha value is -5.44. The molecule has 0 atom stereocenters. The van der Waals surface area contributed by atoms with Crippen molar-refractivity contribution in [3.05, 3.63) is 121 Å². The summed E-state index contributed by atoms with van der Waals surface area (Å²) >= 11 is 0. The van der Waals surface area contributed by atoms with Gasteiger partial charge in [0.15, 0.2) is 11.4 Å². The number of pyridine rings is 1. The molecule has 2 aromatic carbocycles. The van der Waals surface area contributed by atoms with E-state index in [1.165, 1.54) is 12.1 Å². The number of H-pyrrole nitrogens is 1. The van der Waals surface area contributed by atoms with Crippen LogP contribution in [0.3, 0.4) is 0 Å². The summed E-state index contributed by atoms with van der Waals surface area (Å²) in [6, 6.07) is 25.1. The molecule has 0 aliphatic heterocycles. The summed E-state index contributed by atoms with van der Waals surface area (Å²) in [6.07, 6.45) is 5.51. The molecule has 0 aliphatic rings. The number of benzene rings is 2. The molecule has 0 fully saturated rings. The molecule has 188 valence electrons. The molecule has 0 saturated heterocycles. The molecule has 39 heavy (non-hydrogen) atoms. The summed E-state index contributed by atoms with van der Waals surface area (Å²) in [4.78, 5) is 22.5. The number of nitrogens with zero attached hydrogens (tertiary/aromatic N) is 6. The standard InChI is InChI=1S/C30H20FN7O/c31-22-9-7-19(8-10-22)29-30(37-15-2-1-6-27(37)34-29)25-11-12-28-33-23(18-38(28)36-25)17-26(39)21-5-3-4-20(16-21)24-13-14-32-35-24/h1-16,18H,17H2,(H,32,35). The highest BCUT2D eigenvalue weighted by Gasteiger charge is 2.18. The third kappa shape index (κ3) is 4.15. The van der Waals surface area contributed by atoms with Gasteiger partial charge in [0.05, 0.1) is 29.7 Å². The fourth-order valence-corrected chi connectivity index (χ4v) is 4.74. The summed E-state index contributed by atoms with van der Waals surface area (Å²) in [7, 11) is 0. The summed E-state index contributed by atoms with van der Waals surface area (Å²) in [5, 5.41) is 11.7. The molecule has 8 nitrogen and oxygen atoms in total. The average Bonchev–Trinajstić information content (AvgIpc) is 3.71. The van der Waals surface area contributed by atoms with Gasteiger partial charge >= 0.3 is 0 Å². The van der Waals surface area contributed by atoms with Crippen LogP contribution in [0.4, 0.5) is 4.39 Å². The highest BCUT2D eigenvalue weighted by atomic mass is 19.1. The lowest BCUT2D eigenvalue weighted by atomic mass is 10.0. The van der Waals surface area contributed by atoms with E-state index in [-0.39, 0.29) is 18.0 Å². The first-order valence-electron chi connectivity index (χ1n) is 12.3. The number of ketones is 1. The van der Waals surface area contributed by atoms with Gasteiger partial charge in [-0.3, -0.25) is 14.3 Å². The van der Waals surface area contributed by atoms with Crippen LogP contribution in [-0.2, 0) is 6.42 Å². The summed E-state index contributed by atoms with van der Waals surface area (Å²) < 4.78 is 17.2. The first-order chi connectivity index (χ1) is 19.1. The molecule has 0 aliphatic carbocycles. The van der Waals surface area contributed by atoms with Crippen molar-refractivity contribution < 1.29 is 9.18 Å². The minimum Gasteiger partial charge on any atom is -0.298 e. The van der Waals surface area contributed by atoms with Crippen LogP contribution in [-0.4, -0.2) is 40.0 Å². The topological polar surface area (TPSA) is 93.2 Å². The minimum absolute atomic E-state index is 0.0413. The van der Waals surface area contributed by atoms with E-state index >= 15 is 0 Å². The highest BCUT2D eigenvalue weighted by molar-refractivity contribution is 5.98. The van der Waals surface area contributed by atoms with E-state index in [4.69, 9.17) is 10.1 Å². The van der Waals surface area contributed by atoms with Gasteiger partial charge in [-0.25, -0.2) is 18.9 Å². The Morgan fingerprint density at radius 2 is 1.77 bits per heavy atom. The molecule has 0 bridgehead atoms. The number of Topliss-reactive ketones (excluding diaryl/α,β-unsaturated/α-hetero) is 1. The maximum Gasteiger partial charge on any atom is 0.168 e. The average molecular weight is 514 g/mol. The van der Waals surface area contributed by atoms with Gasteiger partial charge in [0.1, 0.15) is 22.9 Å². The molecule has 0 unspecified atom stereocenters. The lowest BCUT2D eigenvalue weighted by Crippen LogP contribution is -2.04. The van der Waals surface area contributed by atoms with Crippen molar-refractivity contribution in [3.8, 4) is 33.9 Å². The van der Waals surface area contributed by atoms with Crippen molar-refractivity contribution in [1.82, 2.24) is 34.2 Å². The lowest BCUT2D eigenvalue weighted by molar-refractivity contribution is 0.0992. The van der Waals surface area contributed by atoms with E-state index in [1.54, 1.807) is 35.1 Å². The number of aromatic nitrogens is 7. The molecule has 7 rings (SSSR count). The van der Waals surface area contributed by atoms with Crippen molar-refractivity contribution in [2.24, 2.45) is 0 Å². The number of fused-ring (bicyclic) bond motifs is 2. The van der Waals surface area contributed by atoms with Crippen LogP contribution >= 0.6 is 0 Å².